The number of hydrogen-bond donors (Lipinski definition) is 0. The van der Waals surface area contributed by atoms with Crippen LogP contribution in [0.15, 0.2) is 115 Å². The molecule has 0 atom stereocenters. The van der Waals surface area contributed by atoms with E-state index in [1.165, 1.54) is 0 Å². The fraction of sp³-hybridized carbons (Fsp3) is 0. The molecule has 0 N–H and O–H groups in total. The largest absolute Gasteiger partial charge is 0.311 e. The number of anilines is 3. The molecule has 0 bridgehead atoms. The zero-order chi connectivity index (χ0) is 30.1. The van der Waals surface area contributed by atoms with Gasteiger partial charge >= 0.3 is 0 Å². The van der Waals surface area contributed by atoms with E-state index in [1.807, 2.05) is 65.6 Å². The van der Waals surface area contributed by atoms with Gasteiger partial charge in [-0.15, -0.1) is 10.2 Å². The number of nitrogens with zero attached hydrogens (tertiary/aromatic N) is 4. The maximum absolute atomic E-state index is 14.6. The Morgan fingerprint density at radius 3 is 1.49 bits per heavy atom. The first-order valence-electron chi connectivity index (χ1n) is 12.9. The van der Waals surface area contributed by atoms with Crippen LogP contribution in [0.5, 0.6) is 0 Å². The van der Waals surface area contributed by atoms with Crippen molar-refractivity contribution in [3.8, 4) is 16.9 Å². The van der Waals surface area contributed by atoms with E-state index in [2.05, 4.69) is 10.2 Å². The molecule has 0 radical (unpaired) electrons. The number of rotatable bonds is 7. The smallest absolute Gasteiger partial charge is 0.221 e. The monoisotopic (exact) mass is 582 g/mol. The highest BCUT2D eigenvalue weighted by molar-refractivity contribution is 6.11. The summed E-state index contributed by atoms with van der Waals surface area (Å²) in [5.74, 6) is -12.8. The van der Waals surface area contributed by atoms with E-state index in [-0.39, 0.29) is 5.69 Å². The minimum Gasteiger partial charge on any atom is -0.311 e. The summed E-state index contributed by atoms with van der Waals surface area (Å²) >= 11 is 0. The molecular weight excluding hydrogens is 563 g/mol. The molecule has 1 aromatic heterocycles. The topological polar surface area (TPSA) is 51.0 Å². The van der Waals surface area contributed by atoms with Crippen molar-refractivity contribution >= 4 is 22.8 Å². The molecule has 6 rings (SSSR count). The second kappa shape index (κ2) is 11.3. The van der Waals surface area contributed by atoms with E-state index in [9.17, 15) is 26.7 Å². The number of aromatic nitrogens is 3. The lowest BCUT2D eigenvalue weighted by Crippen LogP contribution is -2.15. The fourth-order valence-electron chi connectivity index (χ4n) is 4.62. The highest BCUT2D eigenvalue weighted by Gasteiger charge is 2.33. The Hall–Kier alpha value is -5.64. The van der Waals surface area contributed by atoms with Crippen molar-refractivity contribution in [3.63, 3.8) is 0 Å². The van der Waals surface area contributed by atoms with E-state index in [1.54, 1.807) is 54.6 Å². The average Bonchev–Trinajstić information content (AvgIpc) is 3.51. The van der Waals surface area contributed by atoms with Gasteiger partial charge in [0.1, 0.15) is 11.3 Å². The summed E-state index contributed by atoms with van der Waals surface area (Å²) in [5.41, 5.74) is 1.01. The van der Waals surface area contributed by atoms with Crippen molar-refractivity contribution < 1.29 is 26.7 Å². The van der Waals surface area contributed by atoms with Crippen LogP contribution in [0.4, 0.5) is 39.0 Å². The number of para-hydroxylation sites is 2. The molecule has 0 aliphatic heterocycles. The normalized spacial score (nSPS) is 11.0. The highest BCUT2D eigenvalue weighted by Crippen LogP contribution is 2.35. The number of carbonyl (C=O) groups is 1. The molecule has 6 aromatic rings. The molecule has 5 nitrogen and oxygen atoms in total. The van der Waals surface area contributed by atoms with Crippen LogP contribution in [-0.4, -0.2) is 20.8 Å². The van der Waals surface area contributed by atoms with Crippen LogP contribution in [0.25, 0.3) is 16.9 Å². The molecule has 0 aliphatic rings. The minimum atomic E-state index is -2.36. The van der Waals surface area contributed by atoms with Crippen molar-refractivity contribution in [2.75, 3.05) is 4.90 Å². The lowest BCUT2D eigenvalue weighted by atomic mass is 10.0. The van der Waals surface area contributed by atoms with Gasteiger partial charge in [0.25, 0.3) is 0 Å². The third-order valence-corrected chi connectivity index (χ3v) is 6.68. The van der Waals surface area contributed by atoms with E-state index in [0.29, 0.717) is 11.3 Å². The molecule has 0 aliphatic carbocycles. The first kappa shape index (κ1) is 27.5. The van der Waals surface area contributed by atoms with Gasteiger partial charge in [0.15, 0.2) is 29.0 Å². The second-order valence-corrected chi connectivity index (χ2v) is 9.35. The molecule has 10 heteroatoms. The van der Waals surface area contributed by atoms with Gasteiger partial charge in [-0.05, 0) is 48.5 Å². The molecule has 0 unspecified atom stereocenters. The predicted molar refractivity (Wildman–Crippen MR) is 151 cm³/mol. The van der Waals surface area contributed by atoms with Crippen LogP contribution in [0.3, 0.4) is 0 Å². The van der Waals surface area contributed by atoms with Crippen molar-refractivity contribution in [2.24, 2.45) is 0 Å². The van der Waals surface area contributed by atoms with Crippen LogP contribution in [0, 0.1) is 29.1 Å². The van der Waals surface area contributed by atoms with E-state index in [4.69, 9.17) is 0 Å². The van der Waals surface area contributed by atoms with Gasteiger partial charge in [-0.1, -0.05) is 66.7 Å². The third-order valence-electron chi connectivity index (χ3n) is 6.68. The summed E-state index contributed by atoms with van der Waals surface area (Å²) < 4.78 is 70.8. The molecule has 212 valence electrons. The van der Waals surface area contributed by atoms with Crippen LogP contribution in [-0.2, 0) is 0 Å². The predicted octanol–water partition coefficient (Wildman–Crippen LogP) is 8.33. The van der Waals surface area contributed by atoms with E-state index >= 15 is 0 Å². The Kier molecular flexibility index (Phi) is 7.25. The second-order valence-electron chi connectivity index (χ2n) is 9.35. The van der Waals surface area contributed by atoms with Crippen molar-refractivity contribution in [1.82, 2.24) is 15.0 Å². The van der Waals surface area contributed by atoms with Gasteiger partial charge in [0, 0.05) is 22.6 Å². The Morgan fingerprint density at radius 1 is 0.535 bits per heavy atom. The molecule has 43 heavy (non-hydrogen) atoms. The molecule has 0 spiro atoms. The SMILES string of the molecule is O=C(c1nn(-c2ccc(N(c3ccccc3)c3ccccc3)cc2)nc1-c1ccccc1)c1c(F)c(F)c(F)c(F)c1F. The first-order valence-corrected chi connectivity index (χ1v) is 12.9. The minimum absolute atomic E-state index is 0.103. The summed E-state index contributed by atoms with van der Waals surface area (Å²) in [7, 11) is 0. The van der Waals surface area contributed by atoms with E-state index < -0.39 is 46.1 Å². The van der Waals surface area contributed by atoms with Crippen LogP contribution in [0.1, 0.15) is 16.1 Å². The number of ketones is 1. The van der Waals surface area contributed by atoms with Crippen LogP contribution < -0.4 is 4.90 Å². The lowest BCUT2D eigenvalue weighted by Gasteiger charge is -2.25. The van der Waals surface area contributed by atoms with E-state index in [0.717, 1.165) is 21.9 Å². The number of halogens is 5. The first-order chi connectivity index (χ1) is 20.8. The summed E-state index contributed by atoms with van der Waals surface area (Å²) in [6, 6.07) is 34.4. The standard InChI is InChI=1S/C33H19F5N4O/c34-26-25(27(35)29(37)30(38)28(26)36)33(43)32-31(20-10-4-1-5-11-20)39-42(40-32)24-18-16-23(17-19-24)41(21-12-6-2-7-13-21)22-14-8-3-9-15-22/h1-19H. The Labute approximate surface area is 242 Å². The molecule has 0 amide bonds. The van der Waals surface area contributed by atoms with Crippen molar-refractivity contribution in [2.45, 2.75) is 0 Å². The maximum Gasteiger partial charge on any atom is 0.221 e. The third kappa shape index (κ3) is 5.03. The zero-order valence-corrected chi connectivity index (χ0v) is 22.1. The molecule has 0 fully saturated rings. The van der Waals surface area contributed by atoms with Crippen LogP contribution in [0.2, 0.25) is 0 Å². The summed E-state index contributed by atoms with van der Waals surface area (Å²) in [6.45, 7) is 0. The highest BCUT2D eigenvalue weighted by atomic mass is 19.2. The Bertz CT molecular complexity index is 1860. The average molecular weight is 583 g/mol. The van der Waals surface area contributed by atoms with Gasteiger partial charge < -0.3 is 4.90 Å². The number of hydrogen-bond acceptors (Lipinski definition) is 4. The van der Waals surface area contributed by atoms with Gasteiger partial charge in [0.2, 0.25) is 11.6 Å². The molecule has 5 aromatic carbocycles. The summed E-state index contributed by atoms with van der Waals surface area (Å²) in [6.07, 6.45) is 0. The lowest BCUT2D eigenvalue weighted by molar-refractivity contribution is 0.102. The number of benzene rings is 5. The summed E-state index contributed by atoms with van der Waals surface area (Å²) in [5, 5.41) is 8.53. The van der Waals surface area contributed by atoms with Gasteiger partial charge in [0.05, 0.1) is 5.69 Å². The Morgan fingerprint density at radius 2 is 0.977 bits per heavy atom. The molecule has 0 saturated carbocycles. The summed E-state index contributed by atoms with van der Waals surface area (Å²) in [4.78, 5) is 16.4. The fourth-order valence-corrected chi connectivity index (χ4v) is 4.62. The van der Waals surface area contributed by atoms with Crippen LogP contribution >= 0.6 is 0 Å². The molecule has 0 saturated heterocycles. The quantitative estimate of drug-likeness (QED) is 0.0822. The van der Waals surface area contributed by atoms with Gasteiger partial charge in [-0.3, -0.25) is 4.79 Å². The Balaban J connectivity index is 1.45. The molecular formula is C33H19F5N4O. The van der Waals surface area contributed by atoms with Gasteiger partial charge in [-0.25, -0.2) is 22.0 Å². The zero-order valence-electron chi connectivity index (χ0n) is 22.1. The maximum atomic E-state index is 14.6. The van der Waals surface area contributed by atoms with Crippen molar-refractivity contribution in [1.29, 1.82) is 0 Å². The number of carbonyl (C=O) groups excluding carboxylic acids is 1. The van der Waals surface area contributed by atoms with Gasteiger partial charge in [-0.2, -0.15) is 4.80 Å². The molecule has 1 heterocycles. The van der Waals surface area contributed by atoms with Crippen molar-refractivity contribution in [3.05, 3.63) is 156 Å².